The zero-order chi connectivity index (χ0) is 18.6. The number of anilines is 1. The molecular weight excluding hydrogens is 336 g/mol. The molecule has 5 heteroatoms. The summed E-state index contributed by atoms with van der Waals surface area (Å²) in [7, 11) is 0. The molecule has 0 fully saturated rings. The van der Waals surface area contributed by atoms with Crippen molar-refractivity contribution < 1.29 is 4.79 Å². The van der Waals surface area contributed by atoms with Crippen molar-refractivity contribution in [2.24, 2.45) is 0 Å². The number of nitrogens with zero attached hydrogens (tertiary/aromatic N) is 3. The van der Waals surface area contributed by atoms with Crippen molar-refractivity contribution in [3.05, 3.63) is 88.7 Å². The molecule has 4 rings (SSSR count). The average Bonchev–Trinajstić information content (AvgIpc) is 2.73. The van der Waals surface area contributed by atoms with Gasteiger partial charge in [-0.3, -0.25) is 4.79 Å². The van der Waals surface area contributed by atoms with E-state index in [1.165, 1.54) is 16.7 Å². The maximum Gasteiger partial charge on any atom is 0.257 e. The van der Waals surface area contributed by atoms with Gasteiger partial charge in [0.25, 0.3) is 5.91 Å². The fourth-order valence-corrected chi connectivity index (χ4v) is 3.27. The molecular formula is C22H22N4O. The van der Waals surface area contributed by atoms with E-state index in [0.29, 0.717) is 24.6 Å². The third-order valence-electron chi connectivity index (χ3n) is 4.89. The summed E-state index contributed by atoms with van der Waals surface area (Å²) in [4.78, 5) is 23.2. The van der Waals surface area contributed by atoms with E-state index in [1.807, 2.05) is 17.0 Å². The van der Waals surface area contributed by atoms with Crippen LogP contribution in [0.5, 0.6) is 0 Å². The molecule has 136 valence electrons. The van der Waals surface area contributed by atoms with Gasteiger partial charge < -0.3 is 10.2 Å². The number of aryl methyl sites for hydroxylation is 1. The molecule has 1 N–H and O–H groups in total. The first kappa shape index (κ1) is 17.2. The van der Waals surface area contributed by atoms with Gasteiger partial charge in [0.2, 0.25) is 5.95 Å². The summed E-state index contributed by atoms with van der Waals surface area (Å²) in [6.07, 6.45) is 4.10. The van der Waals surface area contributed by atoms with Crippen molar-refractivity contribution in [3.63, 3.8) is 0 Å². The van der Waals surface area contributed by atoms with Crippen LogP contribution in [0.4, 0.5) is 5.95 Å². The van der Waals surface area contributed by atoms with Gasteiger partial charge in [0.1, 0.15) is 0 Å². The fraction of sp³-hybridized carbons (Fsp3) is 0.227. The van der Waals surface area contributed by atoms with Crippen molar-refractivity contribution in [3.8, 4) is 0 Å². The van der Waals surface area contributed by atoms with Gasteiger partial charge in [0, 0.05) is 32.0 Å². The number of carbonyl (C=O) groups is 1. The number of aromatic nitrogens is 2. The zero-order valence-corrected chi connectivity index (χ0v) is 15.4. The second-order valence-corrected chi connectivity index (χ2v) is 6.88. The van der Waals surface area contributed by atoms with Crippen LogP contribution in [0.3, 0.4) is 0 Å². The van der Waals surface area contributed by atoms with Crippen molar-refractivity contribution in [1.29, 1.82) is 0 Å². The number of carbonyl (C=O) groups excluding carboxylic acids is 1. The van der Waals surface area contributed by atoms with Gasteiger partial charge in [-0.25, -0.2) is 9.97 Å². The molecule has 0 bridgehead atoms. The maximum atomic E-state index is 12.8. The molecule has 0 unspecified atom stereocenters. The first-order valence-electron chi connectivity index (χ1n) is 9.16. The van der Waals surface area contributed by atoms with Crippen LogP contribution in [0, 0.1) is 6.92 Å². The highest BCUT2D eigenvalue weighted by Crippen LogP contribution is 2.20. The number of benzene rings is 2. The van der Waals surface area contributed by atoms with E-state index in [9.17, 15) is 4.79 Å². The molecule has 3 aromatic rings. The predicted molar refractivity (Wildman–Crippen MR) is 105 cm³/mol. The number of hydrogen-bond acceptors (Lipinski definition) is 4. The smallest absolute Gasteiger partial charge is 0.257 e. The summed E-state index contributed by atoms with van der Waals surface area (Å²) < 4.78 is 0. The van der Waals surface area contributed by atoms with E-state index in [-0.39, 0.29) is 5.91 Å². The highest BCUT2D eigenvalue weighted by molar-refractivity contribution is 5.93. The Kier molecular flexibility index (Phi) is 4.83. The SMILES string of the molecule is Cc1ccc(CNc2ncc(C(=O)N3CCc4ccccc4C3)cn2)cc1. The molecule has 0 saturated heterocycles. The van der Waals surface area contributed by atoms with Crippen LogP contribution in [0.1, 0.15) is 32.6 Å². The Hall–Kier alpha value is -3.21. The molecule has 1 amide bonds. The third-order valence-corrected chi connectivity index (χ3v) is 4.89. The van der Waals surface area contributed by atoms with Gasteiger partial charge in [0.15, 0.2) is 0 Å². The van der Waals surface area contributed by atoms with Gasteiger partial charge in [-0.2, -0.15) is 0 Å². The summed E-state index contributed by atoms with van der Waals surface area (Å²) >= 11 is 0. The molecule has 2 aromatic carbocycles. The van der Waals surface area contributed by atoms with E-state index < -0.39 is 0 Å². The number of nitrogens with one attached hydrogen (secondary N) is 1. The molecule has 2 heterocycles. The van der Waals surface area contributed by atoms with Gasteiger partial charge in [-0.15, -0.1) is 0 Å². The zero-order valence-electron chi connectivity index (χ0n) is 15.4. The molecule has 1 aliphatic rings. The van der Waals surface area contributed by atoms with E-state index >= 15 is 0 Å². The first-order chi connectivity index (χ1) is 13.2. The Morgan fingerprint density at radius 2 is 1.74 bits per heavy atom. The monoisotopic (exact) mass is 358 g/mol. The lowest BCUT2D eigenvalue weighted by Crippen LogP contribution is -2.36. The molecule has 27 heavy (non-hydrogen) atoms. The minimum atomic E-state index is -0.0189. The van der Waals surface area contributed by atoms with Crippen molar-refractivity contribution in [2.75, 3.05) is 11.9 Å². The summed E-state index contributed by atoms with van der Waals surface area (Å²) in [5.74, 6) is 0.505. The highest BCUT2D eigenvalue weighted by Gasteiger charge is 2.21. The number of rotatable bonds is 4. The summed E-state index contributed by atoms with van der Waals surface area (Å²) in [5.41, 5.74) is 5.47. The minimum Gasteiger partial charge on any atom is -0.350 e. The second kappa shape index (κ2) is 7.58. The van der Waals surface area contributed by atoms with Crippen LogP contribution in [-0.2, 0) is 19.5 Å². The maximum absolute atomic E-state index is 12.8. The van der Waals surface area contributed by atoms with Crippen molar-refractivity contribution in [2.45, 2.75) is 26.4 Å². The lowest BCUT2D eigenvalue weighted by atomic mass is 9.99. The lowest BCUT2D eigenvalue weighted by molar-refractivity contribution is 0.0734. The summed E-state index contributed by atoms with van der Waals surface area (Å²) in [5, 5.41) is 3.19. The Balaban J connectivity index is 1.38. The fourth-order valence-electron chi connectivity index (χ4n) is 3.27. The van der Waals surface area contributed by atoms with Crippen LogP contribution in [-0.4, -0.2) is 27.3 Å². The number of amides is 1. The molecule has 1 aromatic heterocycles. The van der Waals surface area contributed by atoms with Gasteiger partial charge >= 0.3 is 0 Å². The summed E-state index contributed by atoms with van der Waals surface area (Å²) in [6, 6.07) is 16.6. The van der Waals surface area contributed by atoms with Gasteiger partial charge in [0.05, 0.1) is 5.56 Å². The van der Waals surface area contributed by atoms with E-state index in [0.717, 1.165) is 18.5 Å². The highest BCUT2D eigenvalue weighted by atomic mass is 16.2. The number of fused-ring (bicyclic) bond motifs is 1. The first-order valence-corrected chi connectivity index (χ1v) is 9.16. The van der Waals surface area contributed by atoms with E-state index in [1.54, 1.807) is 12.4 Å². The summed E-state index contributed by atoms with van der Waals surface area (Å²) in [6.45, 7) is 4.08. The molecule has 0 saturated carbocycles. The molecule has 0 spiro atoms. The van der Waals surface area contributed by atoms with Crippen LogP contribution in [0.25, 0.3) is 0 Å². The normalized spacial score (nSPS) is 13.1. The van der Waals surface area contributed by atoms with Crippen LogP contribution < -0.4 is 5.32 Å². The topological polar surface area (TPSA) is 58.1 Å². The van der Waals surface area contributed by atoms with Crippen molar-refractivity contribution >= 4 is 11.9 Å². The molecule has 0 radical (unpaired) electrons. The molecule has 0 atom stereocenters. The Morgan fingerprint density at radius 3 is 2.48 bits per heavy atom. The molecule has 0 aliphatic carbocycles. The van der Waals surface area contributed by atoms with E-state index in [4.69, 9.17) is 0 Å². The Bertz CT molecular complexity index is 935. The van der Waals surface area contributed by atoms with Crippen molar-refractivity contribution in [1.82, 2.24) is 14.9 Å². The van der Waals surface area contributed by atoms with E-state index in [2.05, 4.69) is 58.6 Å². The standard InChI is InChI=1S/C22H22N4O/c1-16-6-8-17(9-7-16)12-23-22-24-13-20(14-25-22)21(27)26-11-10-18-4-2-3-5-19(18)15-26/h2-9,13-14H,10-12,15H2,1H3,(H,23,24,25). The largest absolute Gasteiger partial charge is 0.350 e. The second-order valence-electron chi connectivity index (χ2n) is 6.88. The van der Waals surface area contributed by atoms with Crippen LogP contribution >= 0.6 is 0 Å². The molecule has 5 nitrogen and oxygen atoms in total. The van der Waals surface area contributed by atoms with Crippen LogP contribution in [0.2, 0.25) is 0 Å². The lowest BCUT2D eigenvalue weighted by Gasteiger charge is -2.28. The van der Waals surface area contributed by atoms with Gasteiger partial charge in [-0.1, -0.05) is 54.1 Å². The minimum absolute atomic E-state index is 0.0189. The van der Waals surface area contributed by atoms with Crippen LogP contribution in [0.15, 0.2) is 60.9 Å². The average molecular weight is 358 g/mol. The molecule has 1 aliphatic heterocycles. The predicted octanol–water partition coefficient (Wildman–Crippen LogP) is 3.60. The quantitative estimate of drug-likeness (QED) is 0.774. The third kappa shape index (κ3) is 3.97. The number of hydrogen-bond donors (Lipinski definition) is 1. The van der Waals surface area contributed by atoms with Gasteiger partial charge in [-0.05, 0) is 30.0 Å². The Morgan fingerprint density at radius 1 is 1.04 bits per heavy atom. The Labute approximate surface area is 159 Å².